The molecule has 3 aliphatic heterocycles. The Hall–Kier alpha value is -0.810. The van der Waals surface area contributed by atoms with Crippen LogP contribution >= 0.6 is 0 Å². The third-order valence-corrected chi connectivity index (χ3v) is 3.68. The number of fused-ring (bicyclic) bond motifs is 3. The summed E-state index contributed by atoms with van der Waals surface area (Å²) >= 11 is 0. The summed E-state index contributed by atoms with van der Waals surface area (Å²) in [5, 5.41) is 15.1. The van der Waals surface area contributed by atoms with Crippen molar-refractivity contribution < 1.29 is 5.21 Å². The van der Waals surface area contributed by atoms with Gasteiger partial charge in [-0.15, -0.1) is 0 Å². The molecule has 0 aliphatic carbocycles. The molecule has 2 atom stereocenters. The number of nitrogens with one attached hydrogen (secondary N) is 1. The van der Waals surface area contributed by atoms with Gasteiger partial charge >= 0.3 is 0 Å². The molecule has 15 heavy (non-hydrogen) atoms. The van der Waals surface area contributed by atoms with E-state index in [0.29, 0.717) is 6.04 Å². The van der Waals surface area contributed by atoms with E-state index >= 15 is 0 Å². The van der Waals surface area contributed by atoms with Gasteiger partial charge < -0.3 is 21.2 Å². The predicted molar refractivity (Wildman–Crippen MR) is 59.0 cm³/mol. The number of hydrogen-bond donors (Lipinski definition) is 3. The smallest absolute Gasteiger partial charge is 0.156 e. The maximum Gasteiger partial charge on any atom is 0.156 e. The van der Waals surface area contributed by atoms with Crippen LogP contribution < -0.4 is 11.1 Å². The van der Waals surface area contributed by atoms with Gasteiger partial charge in [0.2, 0.25) is 0 Å². The standard InChI is InChI=1S/C10H20N4O/c1-7(10(11)13-15)12-9-6-14-4-2-8(9)3-5-14/h7-9,12,15H,2-6H2,1H3,(H2,11,13). The van der Waals surface area contributed by atoms with E-state index in [1.165, 1.54) is 25.9 Å². The first-order chi connectivity index (χ1) is 7.20. The SMILES string of the molecule is CC(NC1CN2CCC1CC2)C(N)=NO. The summed E-state index contributed by atoms with van der Waals surface area (Å²) < 4.78 is 0. The van der Waals surface area contributed by atoms with Crippen LogP contribution in [0.2, 0.25) is 0 Å². The van der Waals surface area contributed by atoms with Gasteiger partial charge in [-0.1, -0.05) is 5.16 Å². The minimum absolute atomic E-state index is 0.0412. The van der Waals surface area contributed by atoms with Crippen LogP contribution in [0.3, 0.4) is 0 Å². The van der Waals surface area contributed by atoms with Crippen molar-refractivity contribution in [2.24, 2.45) is 16.8 Å². The van der Waals surface area contributed by atoms with E-state index in [-0.39, 0.29) is 11.9 Å². The van der Waals surface area contributed by atoms with E-state index in [1.807, 2.05) is 6.92 Å². The lowest BCUT2D eigenvalue weighted by molar-refractivity contribution is 0.0711. The second-order valence-corrected chi connectivity index (χ2v) is 4.66. The van der Waals surface area contributed by atoms with Gasteiger partial charge in [-0.2, -0.15) is 0 Å². The number of piperidine rings is 3. The predicted octanol–water partition coefficient (Wildman–Crippen LogP) is -0.195. The molecule has 0 amide bonds. The van der Waals surface area contributed by atoms with Crippen LogP contribution in [0.15, 0.2) is 5.16 Å². The second kappa shape index (κ2) is 4.37. The molecule has 0 spiro atoms. The average Bonchev–Trinajstić information content (AvgIpc) is 2.29. The van der Waals surface area contributed by atoms with E-state index in [9.17, 15) is 0 Å². The van der Waals surface area contributed by atoms with Gasteiger partial charge in [0.05, 0.1) is 6.04 Å². The molecule has 0 aromatic carbocycles. The molecule has 3 fully saturated rings. The summed E-state index contributed by atoms with van der Waals surface area (Å²) in [6.07, 6.45) is 2.56. The number of rotatable bonds is 3. The number of amidine groups is 1. The number of oxime groups is 1. The fourth-order valence-corrected chi connectivity index (χ4v) is 2.65. The molecule has 5 nitrogen and oxygen atoms in total. The zero-order valence-electron chi connectivity index (χ0n) is 9.19. The van der Waals surface area contributed by atoms with E-state index in [4.69, 9.17) is 10.9 Å². The molecule has 5 heteroatoms. The molecule has 0 radical (unpaired) electrons. The van der Waals surface area contributed by atoms with Crippen LogP contribution in [-0.4, -0.2) is 47.7 Å². The fraction of sp³-hybridized carbons (Fsp3) is 0.900. The molecular formula is C10H20N4O. The summed E-state index contributed by atoms with van der Waals surface area (Å²) in [7, 11) is 0. The summed E-state index contributed by atoms with van der Waals surface area (Å²) in [6.45, 7) is 5.52. The van der Waals surface area contributed by atoms with Crippen molar-refractivity contribution in [1.82, 2.24) is 10.2 Å². The average molecular weight is 212 g/mol. The van der Waals surface area contributed by atoms with Gasteiger partial charge in [0.1, 0.15) is 0 Å². The molecule has 2 bridgehead atoms. The first-order valence-electron chi connectivity index (χ1n) is 5.66. The topological polar surface area (TPSA) is 73.9 Å². The van der Waals surface area contributed by atoms with Crippen molar-refractivity contribution in [3.05, 3.63) is 0 Å². The Morgan fingerprint density at radius 2 is 2.20 bits per heavy atom. The minimum atomic E-state index is -0.0412. The van der Waals surface area contributed by atoms with Gasteiger partial charge in [0, 0.05) is 12.6 Å². The lowest BCUT2D eigenvalue weighted by atomic mass is 9.83. The second-order valence-electron chi connectivity index (χ2n) is 4.66. The normalized spacial score (nSPS) is 37.9. The van der Waals surface area contributed by atoms with Crippen molar-refractivity contribution in [1.29, 1.82) is 0 Å². The third kappa shape index (κ3) is 2.23. The van der Waals surface area contributed by atoms with Crippen LogP contribution in [0, 0.1) is 5.92 Å². The monoisotopic (exact) mass is 212 g/mol. The Kier molecular flexibility index (Phi) is 3.11. The van der Waals surface area contributed by atoms with Crippen LogP contribution in [0.5, 0.6) is 0 Å². The first-order valence-corrected chi connectivity index (χ1v) is 5.66. The molecule has 0 aromatic heterocycles. The highest BCUT2D eigenvalue weighted by molar-refractivity contribution is 5.84. The van der Waals surface area contributed by atoms with E-state index < -0.39 is 0 Å². The summed E-state index contributed by atoms with van der Waals surface area (Å²) in [6, 6.07) is 0.461. The van der Waals surface area contributed by atoms with Crippen LogP contribution in [0.4, 0.5) is 0 Å². The molecule has 4 N–H and O–H groups in total. The number of hydrogen-bond acceptors (Lipinski definition) is 4. The zero-order chi connectivity index (χ0) is 10.8. The highest BCUT2D eigenvalue weighted by Gasteiger charge is 2.34. The van der Waals surface area contributed by atoms with Crippen molar-refractivity contribution in [3.8, 4) is 0 Å². The highest BCUT2D eigenvalue weighted by atomic mass is 16.4. The van der Waals surface area contributed by atoms with E-state index in [0.717, 1.165) is 12.5 Å². The lowest BCUT2D eigenvalue weighted by Crippen LogP contribution is -2.59. The molecule has 2 unspecified atom stereocenters. The molecule has 3 saturated heterocycles. The van der Waals surface area contributed by atoms with E-state index in [2.05, 4.69) is 15.4 Å². The number of nitrogens with two attached hydrogens (primary N) is 1. The minimum Gasteiger partial charge on any atom is -0.409 e. The van der Waals surface area contributed by atoms with E-state index in [1.54, 1.807) is 0 Å². The van der Waals surface area contributed by atoms with Gasteiger partial charge in [-0.25, -0.2) is 0 Å². The molecule has 0 aromatic rings. The largest absolute Gasteiger partial charge is 0.409 e. The molecule has 3 rings (SSSR count). The van der Waals surface area contributed by atoms with Gasteiger partial charge in [0.15, 0.2) is 5.84 Å². The van der Waals surface area contributed by atoms with Crippen molar-refractivity contribution >= 4 is 5.84 Å². The Labute approximate surface area is 90.3 Å². The molecular weight excluding hydrogens is 192 g/mol. The fourth-order valence-electron chi connectivity index (χ4n) is 2.65. The quantitative estimate of drug-likeness (QED) is 0.262. The maximum atomic E-state index is 8.58. The zero-order valence-corrected chi connectivity index (χ0v) is 9.19. The number of nitrogens with zero attached hydrogens (tertiary/aromatic N) is 2. The molecule has 86 valence electrons. The van der Waals surface area contributed by atoms with Crippen LogP contribution in [0.25, 0.3) is 0 Å². The summed E-state index contributed by atoms with van der Waals surface area (Å²) in [5.74, 6) is 1.04. The molecule has 0 saturated carbocycles. The Morgan fingerprint density at radius 1 is 1.53 bits per heavy atom. The van der Waals surface area contributed by atoms with Crippen molar-refractivity contribution in [3.63, 3.8) is 0 Å². The maximum absolute atomic E-state index is 8.58. The van der Waals surface area contributed by atoms with Gasteiger partial charge in [-0.05, 0) is 38.8 Å². The van der Waals surface area contributed by atoms with Gasteiger partial charge in [-0.3, -0.25) is 0 Å². The van der Waals surface area contributed by atoms with Gasteiger partial charge in [0.25, 0.3) is 0 Å². The Balaban J connectivity index is 1.90. The van der Waals surface area contributed by atoms with Crippen LogP contribution in [-0.2, 0) is 0 Å². The third-order valence-electron chi connectivity index (χ3n) is 3.68. The van der Waals surface area contributed by atoms with Crippen LogP contribution in [0.1, 0.15) is 19.8 Å². The highest BCUT2D eigenvalue weighted by Crippen LogP contribution is 2.27. The lowest BCUT2D eigenvalue weighted by Gasteiger charge is -2.45. The Morgan fingerprint density at radius 3 is 2.67 bits per heavy atom. The Bertz CT molecular complexity index is 248. The summed E-state index contributed by atoms with van der Waals surface area (Å²) in [4.78, 5) is 2.48. The first kappa shape index (κ1) is 10.7. The molecule has 3 heterocycles. The van der Waals surface area contributed by atoms with Crippen molar-refractivity contribution in [2.45, 2.75) is 31.8 Å². The summed E-state index contributed by atoms with van der Waals surface area (Å²) in [5.41, 5.74) is 5.56. The molecule has 3 aliphatic rings. The van der Waals surface area contributed by atoms with Crippen molar-refractivity contribution in [2.75, 3.05) is 19.6 Å².